The van der Waals surface area contributed by atoms with E-state index in [4.69, 9.17) is 17.2 Å². The Labute approximate surface area is 108 Å². The van der Waals surface area contributed by atoms with Crippen molar-refractivity contribution in [3.05, 3.63) is 48.5 Å². The molecule has 0 saturated carbocycles. The number of hydrogen-bond acceptors (Lipinski definition) is 4. The first-order valence-electron chi connectivity index (χ1n) is 5.82. The van der Waals surface area contributed by atoms with Gasteiger partial charge in [0.15, 0.2) is 0 Å². The molecule has 4 nitrogen and oxygen atoms in total. The monoisotopic (exact) mass is 244 g/mol. The number of nitrogens with two attached hydrogens (primary N) is 3. The van der Waals surface area contributed by atoms with Crippen molar-refractivity contribution < 1.29 is 0 Å². The summed E-state index contributed by atoms with van der Waals surface area (Å²) >= 11 is 0. The lowest BCUT2D eigenvalue weighted by molar-refractivity contribution is 1.21. The molecule has 0 aliphatic heterocycles. The van der Waals surface area contributed by atoms with Crippen LogP contribution in [-0.2, 0) is 0 Å². The number of nitrogen functional groups attached to an aromatic ring is 3. The molecule has 0 bridgehead atoms. The molecule has 4 heteroatoms. The smallest absolute Gasteiger partial charge is 0.0341 e. The lowest BCUT2D eigenvalue weighted by atomic mass is 10.3. The normalized spacial score (nSPS) is 9.17. The third-order valence-electron chi connectivity index (χ3n) is 2.23. The van der Waals surface area contributed by atoms with Gasteiger partial charge in [0.25, 0.3) is 0 Å². The summed E-state index contributed by atoms with van der Waals surface area (Å²) in [5, 5.41) is 3.18. The van der Waals surface area contributed by atoms with E-state index in [2.05, 4.69) is 12.2 Å². The van der Waals surface area contributed by atoms with Crippen LogP contribution < -0.4 is 22.5 Å². The molecule has 0 radical (unpaired) electrons. The molecule has 2 rings (SSSR count). The van der Waals surface area contributed by atoms with Crippen LogP contribution in [0.5, 0.6) is 0 Å². The quantitative estimate of drug-likeness (QED) is 0.611. The number of nitrogens with one attached hydrogen (secondary N) is 1. The maximum absolute atomic E-state index is 5.50. The number of rotatable bonds is 2. The molecule has 0 aliphatic carbocycles. The highest BCUT2D eigenvalue weighted by Gasteiger charge is 1.86. The molecule has 0 fully saturated rings. The molecule has 7 N–H and O–H groups in total. The zero-order chi connectivity index (χ0) is 13.4. The number of benzene rings is 2. The van der Waals surface area contributed by atoms with Gasteiger partial charge in [0.1, 0.15) is 0 Å². The molecule has 0 atom stereocenters. The van der Waals surface area contributed by atoms with E-state index in [1.54, 1.807) is 24.3 Å². The van der Waals surface area contributed by atoms with Gasteiger partial charge in [-0.3, -0.25) is 0 Å². The van der Waals surface area contributed by atoms with Crippen molar-refractivity contribution in [1.82, 2.24) is 0 Å². The van der Waals surface area contributed by atoms with Gasteiger partial charge in [-0.25, -0.2) is 0 Å². The number of anilines is 4. The van der Waals surface area contributed by atoms with Crippen molar-refractivity contribution in [3.8, 4) is 0 Å². The summed E-state index contributed by atoms with van der Waals surface area (Å²) in [4.78, 5) is 0. The standard InChI is InChI=1S/C8H12N2.C6H8N2/c1-2-10-8-5-3-7(9)4-6-8;7-5-1-2-6(8)4-3-5/h3-6,10H,2,9H2,1H3;1-4H,7-8H2. The Balaban J connectivity index is 0.000000184. The summed E-state index contributed by atoms with van der Waals surface area (Å²) in [6.45, 7) is 3.01. The summed E-state index contributed by atoms with van der Waals surface area (Å²) in [5.41, 5.74) is 19.7. The minimum atomic E-state index is 0.749. The van der Waals surface area contributed by atoms with Crippen LogP contribution >= 0.6 is 0 Å². The van der Waals surface area contributed by atoms with Crippen LogP contribution in [-0.4, -0.2) is 6.54 Å². The molecule has 2 aromatic rings. The van der Waals surface area contributed by atoms with Crippen molar-refractivity contribution in [2.75, 3.05) is 29.1 Å². The van der Waals surface area contributed by atoms with Crippen LogP contribution in [0.4, 0.5) is 22.7 Å². The molecule has 2 aromatic carbocycles. The highest BCUT2D eigenvalue weighted by molar-refractivity contribution is 5.51. The van der Waals surface area contributed by atoms with Gasteiger partial charge < -0.3 is 22.5 Å². The summed E-state index contributed by atoms with van der Waals surface area (Å²) in [6.07, 6.45) is 0. The zero-order valence-corrected chi connectivity index (χ0v) is 10.6. The van der Waals surface area contributed by atoms with E-state index in [0.717, 1.165) is 29.3 Å². The van der Waals surface area contributed by atoms with E-state index in [1.807, 2.05) is 24.3 Å². The first-order chi connectivity index (χ1) is 8.61. The molecular weight excluding hydrogens is 224 g/mol. The predicted molar refractivity (Wildman–Crippen MR) is 80.3 cm³/mol. The van der Waals surface area contributed by atoms with Crippen LogP contribution in [0.1, 0.15) is 6.92 Å². The molecule has 18 heavy (non-hydrogen) atoms. The Morgan fingerprint density at radius 2 is 1.06 bits per heavy atom. The molecule has 0 unspecified atom stereocenters. The molecule has 0 heterocycles. The van der Waals surface area contributed by atoms with Gasteiger partial charge in [-0.2, -0.15) is 0 Å². The average Bonchev–Trinajstić information content (AvgIpc) is 2.37. The minimum Gasteiger partial charge on any atom is -0.399 e. The van der Waals surface area contributed by atoms with Crippen molar-refractivity contribution in [3.63, 3.8) is 0 Å². The fourth-order valence-electron chi connectivity index (χ4n) is 1.30. The summed E-state index contributed by atoms with van der Waals surface area (Å²) in [6, 6.07) is 14.8. The van der Waals surface area contributed by atoms with Crippen LogP contribution in [0.3, 0.4) is 0 Å². The highest BCUT2D eigenvalue weighted by Crippen LogP contribution is 2.09. The fourth-order valence-corrected chi connectivity index (χ4v) is 1.30. The van der Waals surface area contributed by atoms with Crippen molar-refractivity contribution >= 4 is 22.7 Å². The third kappa shape index (κ3) is 5.12. The summed E-state index contributed by atoms with van der Waals surface area (Å²) in [5.74, 6) is 0. The SMILES string of the molecule is CCNc1ccc(N)cc1.Nc1ccc(N)cc1. The van der Waals surface area contributed by atoms with E-state index < -0.39 is 0 Å². The molecule has 0 saturated heterocycles. The molecule has 0 aromatic heterocycles. The molecular formula is C14H20N4. The van der Waals surface area contributed by atoms with Crippen molar-refractivity contribution in [2.24, 2.45) is 0 Å². The maximum atomic E-state index is 5.50. The second-order valence-corrected chi connectivity index (χ2v) is 3.82. The molecule has 0 aliphatic rings. The lowest BCUT2D eigenvalue weighted by Gasteiger charge is -2.01. The second-order valence-electron chi connectivity index (χ2n) is 3.82. The Hall–Kier alpha value is -2.36. The van der Waals surface area contributed by atoms with Crippen LogP contribution in [0, 0.1) is 0 Å². The summed E-state index contributed by atoms with van der Waals surface area (Å²) < 4.78 is 0. The van der Waals surface area contributed by atoms with Crippen molar-refractivity contribution in [2.45, 2.75) is 6.92 Å². The van der Waals surface area contributed by atoms with E-state index in [-0.39, 0.29) is 0 Å². The highest BCUT2D eigenvalue weighted by atomic mass is 14.8. The first kappa shape index (κ1) is 13.7. The van der Waals surface area contributed by atoms with E-state index in [0.29, 0.717) is 0 Å². The Morgan fingerprint density at radius 1 is 0.722 bits per heavy atom. The maximum Gasteiger partial charge on any atom is 0.0341 e. The van der Waals surface area contributed by atoms with Gasteiger partial charge in [0.05, 0.1) is 0 Å². The molecule has 0 spiro atoms. The van der Waals surface area contributed by atoms with Gasteiger partial charge in [-0.05, 0) is 55.5 Å². The fraction of sp³-hybridized carbons (Fsp3) is 0.143. The molecule has 0 amide bonds. The van der Waals surface area contributed by atoms with Gasteiger partial charge >= 0.3 is 0 Å². The second kappa shape index (κ2) is 7.06. The van der Waals surface area contributed by atoms with E-state index >= 15 is 0 Å². The van der Waals surface area contributed by atoms with Gasteiger partial charge in [-0.15, -0.1) is 0 Å². The van der Waals surface area contributed by atoms with Gasteiger partial charge in [0.2, 0.25) is 0 Å². The topological polar surface area (TPSA) is 90.1 Å². The predicted octanol–water partition coefficient (Wildman–Crippen LogP) is 2.55. The van der Waals surface area contributed by atoms with E-state index in [1.165, 1.54) is 0 Å². The first-order valence-corrected chi connectivity index (χ1v) is 5.82. The van der Waals surface area contributed by atoms with Gasteiger partial charge in [-0.1, -0.05) is 0 Å². The Morgan fingerprint density at radius 3 is 1.39 bits per heavy atom. The van der Waals surface area contributed by atoms with E-state index in [9.17, 15) is 0 Å². The summed E-state index contributed by atoms with van der Waals surface area (Å²) in [7, 11) is 0. The van der Waals surface area contributed by atoms with Crippen LogP contribution in [0.25, 0.3) is 0 Å². The largest absolute Gasteiger partial charge is 0.399 e. The number of hydrogen-bond donors (Lipinski definition) is 4. The minimum absolute atomic E-state index is 0.749. The van der Waals surface area contributed by atoms with Crippen molar-refractivity contribution in [1.29, 1.82) is 0 Å². The Kier molecular flexibility index (Phi) is 5.38. The lowest BCUT2D eigenvalue weighted by Crippen LogP contribution is -1.95. The average molecular weight is 244 g/mol. The van der Waals surface area contributed by atoms with Crippen LogP contribution in [0.15, 0.2) is 48.5 Å². The Bertz CT molecular complexity index is 427. The third-order valence-corrected chi connectivity index (χ3v) is 2.23. The van der Waals surface area contributed by atoms with Gasteiger partial charge in [0, 0.05) is 29.3 Å². The zero-order valence-electron chi connectivity index (χ0n) is 10.6. The van der Waals surface area contributed by atoms with Crippen LogP contribution in [0.2, 0.25) is 0 Å². The molecule has 96 valence electrons.